The van der Waals surface area contributed by atoms with Crippen LogP contribution in [0.1, 0.15) is 4.88 Å². The van der Waals surface area contributed by atoms with Crippen LogP contribution in [0, 0.1) is 0 Å². The van der Waals surface area contributed by atoms with Crippen LogP contribution in [0.3, 0.4) is 0 Å². The monoisotopic (exact) mass is 388 g/mol. The van der Waals surface area contributed by atoms with Crippen molar-refractivity contribution in [3.63, 3.8) is 0 Å². The zero-order chi connectivity index (χ0) is 19.4. The molecule has 0 atom stereocenters. The molecule has 0 saturated carbocycles. The fourth-order valence-corrected chi connectivity index (χ4v) is 3.53. The maximum atomic E-state index is 12.9. The molecule has 0 fully saturated rings. The Bertz CT molecular complexity index is 876. The van der Waals surface area contributed by atoms with Crippen molar-refractivity contribution in [1.29, 1.82) is 0 Å². The highest BCUT2D eigenvalue weighted by Crippen LogP contribution is 2.36. The van der Waals surface area contributed by atoms with Gasteiger partial charge in [0, 0.05) is 18.1 Å². The lowest BCUT2D eigenvalue weighted by Crippen LogP contribution is -2.35. The second kappa shape index (κ2) is 8.24. The number of thiophene rings is 1. The van der Waals surface area contributed by atoms with Crippen molar-refractivity contribution >= 4 is 34.4 Å². The minimum Gasteiger partial charge on any atom is -0.497 e. The van der Waals surface area contributed by atoms with Gasteiger partial charge in [0.1, 0.15) is 17.2 Å². The van der Waals surface area contributed by atoms with Crippen molar-refractivity contribution in [3.8, 4) is 11.5 Å². The Balaban J connectivity index is 2.01. The van der Waals surface area contributed by atoms with Crippen LogP contribution in [-0.4, -0.2) is 51.2 Å². The average molecular weight is 388 g/mol. The summed E-state index contributed by atoms with van der Waals surface area (Å²) in [6.45, 7) is 0.461. The predicted molar refractivity (Wildman–Crippen MR) is 103 cm³/mol. The first-order chi connectivity index (χ1) is 13.1. The number of nitrogens with zero attached hydrogens (tertiary/aromatic N) is 1. The lowest BCUT2D eigenvalue weighted by atomic mass is 10.1. The molecule has 0 spiro atoms. The molecule has 0 unspecified atom stereocenters. The number of imide groups is 1. The van der Waals surface area contributed by atoms with E-state index in [-0.39, 0.29) is 24.8 Å². The molecule has 2 heterocycles. The van der Waals surface area contributed by atoms with E-state index < -0.39 is 5.91 Å². The fraction of sp³-hybridized carbons (Fsp3) is 0.263. The molecule has 0 bridgehead atoms. The summed E-state index contributed by atoms with van der Waals surface area (Å²) in [5.74, 6) is 0.399. The van der Waals surface area contributed by atoms with E-state index >= 15 is 0 Å². The van der Waals surface area contributed by atoms with Crippen LogP contribution in [0.15, 0.2) is 41.4 Å². The minimum absolute atomic E-state index is 0.188. The van der Waals surface area contributed by atoms with Crippen molar-refractivity contribution in [2.24, 2.45) is 0 Å². The standard InChI is InChI=1S/C19H20N2O5S/c1-24-9-8-21-18(22)16(15-5-4-10-27-15)17(19(21)23)20-13-7-6-12(25-2)11-14(13)26-3/h4-7,10-11,20H,8-9H2,1-3H3. The number of hydrogen-bond donors (Lipinski definition) is 1. The summed E-state index contributed by atoms with van der Waals surface area (Å²) in [5.41, 5.74) is 1.14. The quantitative estimate of drug-likeness (QED) is 0.701. The van der Waals surface area contributed by atoms with E-state index in [1.54, 1.807) is 25.3 Å². The maximum absolute atomic E-state index is 12.9. The Hall–Kier alpha value is -2.84. The molecule has 0 saturated heterocycles. The first kappa shape index (κ1) is 18.9. The van der Waals surface area contributed by atoms with Crippen molar-refractivity contribution < 1.29 is 23.8 Å². The van der Waals surface area contributed by atoms with Crippen molar-refractivity contribution in [2.45, 2.75) is 0 Å². The molecule has 2 aromatic rings. The van der Waals surface area contributed by atoms with Gasteiger partial charge in [-0.3, -0.25) is 14.5 Å². The van der Waals surface area contributed by atoms with Gasteiger partial charge in [-0.2, -0.15) is 0 Å². The zero-order valence-corrected chi connectivity index (χ0v) is 16.1. The smallest absolute Gasteiger partial charge is 0.278 e. The van der Waals surface area contributed by atoms with Crippen LogP contribution < -0.4 is 14.8 Å². The Labute approximate surface area is 161 Å². The number of nitrogens with one attached hydrogen (secondary N) is 1. The number of rotatable bonds is 8. The molecule has 1 N–H and O–H groups in total. The lowest BCUT2D eigenvalue weighted by molar-refractivity contribution is -0.137. The third-order valence-corrected chi connectivity index (χ3v) is 5.01. The number of amides is 2. The normalized spacial score (nSPS) is 14.1. The summed E-state index contributed by atoms with van der Waals surface area (Å²) < 4.78 is 15.6. The van der Waals surface area contributed by atoms with E-state index in [0.29, 0.717) is 22.8 Å². The predicted octanol–water partition coefficient (Wildman–Crippen LogP) is 2.60. The molecular formula is C19H20N2O5S. The first-order valence-electron chi connectivity index (χ1n) is 8.23. The molecule has 27 heavy (non-hydrogen) atoms. The van der Waals surface area contributed by atoms with Gasteiger partial charge in [0.2, 0.25) is 0 Å². The van der Waals surface area contributed by atoms with E-state index in [2.05, 4.69) is 5.32 Å². The van der Waals surface area contributed by atoms with Gasteiger partial charge in [-0.1, -0.05) is 6.07 Å². The molecule has 2 amide bonds. The van der Waals surface area contributed by atoms with E-state index in [4.69, 9.17) is 14.2 Å². The largest absolute Gasteiger partial charge is 0.497 e. The molecule has 7 nitrogen and oxygen atoms in total. The molecule has 142 valence electrons. The highest BCUT2D eigenvalue weighted by molar-refractivity contribution is 7.11. The number of anilines is 1. The van der Waals surface area contributed by atoms with Crippen LogP contribution in [0.25, 0.3) is 5.57 Å². The summed E-state index contributed by atoms with van der Waals surface area (Å²) >= 11 is 1.40. The minimum atomic E-state index is -0.390. The van der Waals surface area contributed by atoms with E-state index in [1.165, 1.54) is 30.5 Å². The van der Waals surface area contributed by atoms with Gasteiger partial charge in [0.25, 0.3) is 11.8 Å². The Morgan fingerprint density at radius 2 is 1.89 bits per heavy atom. The van der Waals surface area contributed by atoms with Crippen LogP contribution in [0.5, 0.6) is 11.5 Å². The molecule has 8 heteroatoms. The fourth-order valence-electron chi connectivity index (χ4n) is 2.76. The second-order valence-electron chi connectivity index (χ2n) is 5.67. The van der Waals surface area contributed by atoms with Gasteiger partial charge in [-0.15, -0.1) is 11.3 Å². The average Bonchev–Trinajstić information content (AvgIpc) is 3.28. The van der Waals surface area contributed by atoms with Crippen molar-refractivity contribution in [1.82, 2.24) is 4.90 Å². The molecule has 1 aliphatic rings. The van der Waals surface area contributed by atoms with Gasteiger partial charge in [0.15, 0.2) is 0 Å². The number of carbonyl (C=O) groups is 2. The van der Waals surface area contributed by atoms with Gasteiger partial charge < -0.3 is 19.5 Å². The summed E-state index contributed by atoms with van der Waals surface area (Å²) in [6, 6.07) is 8.86. The van der Waals surface area contributed by atoms with Gasteiger partial charge in [-0.05, 0) is 23.6 Å². The van der Waals surface area contributed by atoms with E-state index in [0.717, 1.165) is 4.88 Å². The molecule has 0 aliphatic carbocycles. The number of hydrogen-bond acceptors (Lipinski definition) is 7. The molecule has 0 radical (unpaired) electrons. The third kappa shape index (κ3) is 3.67. The number of ether oxygens (including phenoxy) is 3. The Morgan fingerprint density at radius 1 is 1.07 bits per heavy atom. The van der Waals surface area contributed by atoms with Crippen LogP contribution in [0.4, 0.5) is 5.69 Å². The first-order valence-corrected chi connectivity index (χ1v) is 9.11. The summed E-state index contributed by atoms with van der Waals surface area (Å²) in [7, 11) is 4.62. The number of methoxy groups -OCH3 is 3. The Morgan fingerprint density at radius 3 is 2.52 bits per heavy atom. The SMILES string of the molecule is COCCN1C(=O)C(Nc2ccc(OC)cc2OC)=C(c2cccs2)C1=O. The van der Waals surface area contributed by atoms with Gasteiger partial charge >= 0.3 is 0 Å². The topological polar surface area (TPSA) is 77.1 Å². The molecule has 1 aromatic heterocycles. The molecule has 1 aliphatic heterocycles. The summed E-state index contributed by atoms with van der Waals surface area (Å²) in [5, 5.41) is 4.95. The van der Waals surface area contributed by atoms with E-state index in [9.17, 15) is 9.59 Å². The highest BCUT2D eigenvalue weighted by Gasteiger charge is 2.39. The molecule has 1 aromatic carbocycles. The molecular weight excluding hydrogens is 368 g/mol. The Kier molecular flexibility index (Phi) is 5.78. The van der Waals surface area contributed by atoms with Gasteiger partial charge in [-0.25, -0.2) is 0 Å². The number of benzene rings is 1. The number of carbonyl (C=O) groups excluding carboxylic acids is 2. The summed E-state index contributed by atoms with van der Waals surface area (Å²) in [4.78, 5) is 27.7. The van der Waals surface area contributed by atoms with Crippen LogP contribution in [0.2, 0.25) is 0 Å². The van der Waals surface area contributed by atoms with Gasteiger partial charge in [0.05, 0.1) is 38.6 Å². The third-order valence-electron chi connectivity index (χ3n) is 4.12. The second-order valence-corrected chi connectivity index (χ2v) is 6.62. The zero-order valence-electron chi connectivity index (χ0n) is 15.3. The van der Waals surface area contributed by atoms with Crippen LogP contribution >= 0.6 is 11.3 Å². The van der Waals surface area contributed by atoms with Crippen molar-refractivity contribution in [3.05, 3.63) is 46.3 Å². The van der Waals surface area contributed by atoms with Crippen molar-refractivity contribution in [2.75, 3.05) is 39.8 Å². The highest BCUT2D eigenvalue weighted by atomic mass is 32.1. The summed E-state index contributed by atoms with van der Waals surface area (Å²) in [6.07, 6.45) is 0. The maximum Gasteiger partial charge on any atom is 0.278 e. The van der Waals surface area contributed by atoms with Crippen LogP contribution in [-0.2, 0) is 14.3 Å². The lowest BCUT2D eigenvalue weighted by Gasteiger charge is -2.15. The van der Waals surface area contributed by atoms with E-state index in [1.807, 2.05) is 17.5 Å². The molecule has 3 rings (SSSR count).